The maximum atomic E-state index is 13.9. The van der Waals surface area contributed by atoms with Crippen LogP contribution in [0.2, 0.25) is 5.02 Å². The van der Waals surface area contributed by atoms with Crippen molar-refractivity contribution < 1.29 is 14.0 Å². The number of nitrogens with zero attached hydrogens (tertiary/aromatic N) is 1. The molecule has 0 fully saturated rings. The number of carbonyl (C=O) groups is 2. The Hall–Kier alpha value is -4.37. The number of aromatic amines is 1. The summed E-state index contributed by atoms with van der Waals surface area (Å²) >= 11 is 6.42. The van der Waals surface area contributed by atoms with E-state index in [1.807, 2.05) is 36.5 Å². The van der Waals surface area contributed by atoms with Crippen molar-refractivity contribution in [1.82, 2.24) is 15.2 Å². The summed E-state index contributed by atoms with van der Waals surface area (Å²) in [5.74, 6) is -1.66. The summed E-state index contributed by atoms with van der Waals surface area (Å²) in [7, 11) is 0. The van der Waals surface area contributed by atoms with Gasteiger partial charge in [-0.2, -0.15) is 0 Å². The van der Waals surface area contributed by atoms with Gasteiger partial charge in [0.25, 0.3) is 5.91 Å². The van der Waals surface area contributed by atoms with E-state index in [0.29, 0.717) is 17.7 Å². The highest BCUT2D eigenvalue weighted by Crippen LogP contribution is 2.31. The first-order chi connectivity index (χ1) is 18.3. The van der Waals surface area contributed by atoms with Crippen LogP contribution in [0, 0.1) is 11.2 Å². The number of amides is 2. The van der Waals surface area contributed by atoms with Crippen LogP contribution >= 0.6 is 11.6 Å². The number of rotatable bonds is 10. The average molecular weight is 535 g/mol. The summed E-state index contributed by atoms with van der Waals surface area (Å²) < 4.78 is 13.9. The number of nitrogens with one attached hydrogen (secondary N) is 4. The Kier molecular flexibility index (Phi) is 8.60. The number of benzene rings is 3. The van der Waals surface area contributed by atoms with Gasteiger partial charge in [0.1, 0.15) is 11.9 Å². The van der Waals surface area contributed by atoms with Gasteiger partial charge in [0.05, 0.1) is 0 Å². The molecule has 10 heteroatoms. The minimum Gasteiger partial charge on any atom is -0.370 e. The van der Waals surface area contributed by atoms with E-state index >= 15 is 0 Å². The molecule has 6 N–H and O–H groups in total. The standard InChI is InChI=1S/C28H28ClFN6O2/c29-23-16-19(30)10-11-22(23)26(27(38)35-20-6-2-1-3-7-20)36(25(37)12-14-33-28(31)32)15-13-18-17-34-24-9-5-4-8-21(18)24/h1-11,16-17,26,34H,12-15H2,(H,35,38)(H4,31,32,33). The summed E-state index contributed by atoms with van der Waals surface area (Å²) in [6, 6.07) is 19.3. The SMILES string of the molecule is N=C(N)NCCC(=O)N(CCc1c[nH]c2ccccc12)C(C(=O)Nc1ccccc1)c1ccc(F)cc1Cl. The number of aromatic nitrogens is 1. The zero-order valence-corrected chi connectivity index (χ0v) is 21.3. The van der Waals surface area contributed by atoms with Crippen molar-refractivity contribution >= 4 is 46.0 Å². The third-order valence-corrected chi connectivity index (χ3v) is 6.46. The van der Waals surface area contributed by atoms with Crippen molar-refractivity contribution in [2.24, 2.45) is 5.73 Å². The number of halogens is 2. The normalized spacial score (nSPS) is 11.6. The number of H-pyrrole nitrogens is 1. The van der Waals surface area contributed by atoms with E-state index in [1.165, 1.54) is 17.0 Å². The molecule has 0 spiro atoms. The molecule has 1 atom stereocenters. The van der Waals surface area contributed by atoms with Gasteiger partial charge in [0.2, 0.25) is 5.91 Å². The minimum absolute atomic E-state index is 0.0264. The molecule has 1 heterocycles. The fourth-order valence-corrected chi connectivity index (χ4v) is 4.60. The molecular formula is C28H28ClFN6O2. The molecule has 2 amide bonds. The summed E-state index contributed by atoms with van der Waals surface area (Å²) in [6.07, 6.45) is 2.31. The smallest absolute Gasteiger partial charge is 0.251 e. The quantitative estimate of drug-likeness (QED) is 0.151. The lowest BCUT2D eigenvalue weighted by molar-refractivity contribution is -0.138. The van der Waals surface area contributed by atoms with Crippen LogP contribution in [-0.4, -0.2) is 40.7 Å². The van der Waals surface area contributed by atoms with E-state index in [9.17, 15) is 14.0 Å². The van der Waals surface area contributed by atoms with E-state index < -0.39 is 17.8 Å². The molecule has 0 saturated heterocycles. The van der Waals surface area contributed by atoms with Gasteiger partial charge in [-0.25, -0.2) is 4.39 Å². The second-order valence-corrected chi connectivity index (χ2v) is 9.12. The number of para-hydroxylation sites is 2. The van der Waals surface area contributed by atoms with Gasteiger partial charge in [0.15, 0.2) is 5.96 Å². The number of anilines is 1. The molecular weight excluding hydrogens is 507 g/mol. The average Bonchev–Trinajstić information content (AvgIpc) is 3.30. The first kappa shape index (κ1) is 26.7. The minimum atomic E-state index is -1.14. The second-order valence-electron chi connectivity index (χ2n) is 8.71. The third kappa shape index (κ3) is 6.49. The van der Waals surface area contributed by atoms with E-state index in [4.69, 9.17) is 22.7 Å². The van der Waals surface area contributed by atoms with Crippen molar-refractivity contribution in [3.05, 3.63) is 101 Å². The molecule has 0 aliphatic carbocycles. The molecule has 1 aromatic heterocycles. The molecule has 0 aliphatic heterocycles. The molecule has 196 valence electrons. The topological polar surface area (TPSA) is 127 Å². The van der Waals surface area contributed by atoms with Crippen LogP contribution in [-0.2, 0) is 16.0 Å². The summed E-state index contributed by atoms with van der Waals surface area (Å²) in [6.45, 7) is 0.295. The van der Waals surface area contributed by atoms with Crippen LogP contribution in [0.4, 0.5) is 10.1 Å². The van der Waals surface area contributed by atoms with Gasteiger partial charge < -0.3 is 26.3 Å². The van der Waals surface area contributed by atoms with E-state index in [1.54, 1.807) is 24.3 Å². The van der Waals surface area contributed by atoms with Crippen molar-refractivity contribution in [2.75, 3.05) is 18.4 Å². The Labute approximate surface area is 224 Å². The fourth-order valence-electron chi connectivity index (χ4n) is 4.33. The number of nitrogens with two attached hydrogens (primary N) is 1. The predicted molar refractivity (Wildman–Crippen MR) is 147 cm³/mol. The van der Waals surface area contributed by atoms with Gasteiger partial charge in [-0.1, -0.05) is 54.1 Å². The third-order valence-electron chi connectivity index (χ3n) is 6.13. The van der Waals surface area contributed by atoms with Crippen LogP contribution in [0.25, 0.3) is 10.9 Å². The summed E-state index contributed by atoms with van der Waals surface area (Å²) in [5.41, 5.74) is 8.16. The first-order valence-electron chi connectivity index (χ1n) is 12.1. The van der Waals surface area contributed by atoms with Gasteiger partial charge in [-0.05, 0) is 42.3 Å². The van der Waals surface area contributed by atoms with Crippen LogP contribution in [0.15, 0.2) is 79.0 Å². The Morgan fingerprint density at radius 2 is 1.82 bits per heavy atom. The van der Waals surface area contributed by atoms with Crippen molar-refractivity contribution in [3.8, 4) is 0 Å². The van der Waals surface area contributed by atoms with Crippen LogP contribution in [0.3, 0.4) is 0 Å². The predicted octanol–water partition coefficient (Wildman–Crippen LogP) is 4.58. The molecule has 1 unspecified atom stereocenters. The molecule has 3 aromatic carbocycles. The van der Waals surface area contributed by atoms with Crippen LogP contribution < -0.4 is 16.4 Å². The summed E-state index contributed by atoms with van der Waals surface area (Å²) in [4.78, 5) is 32.0. The van der Waals surface area contributed by atoms with Crippen molar-refractivity contribution in [3.63, 3.8) is 0 Å². The fraction of sp³-hybridized carbons (Fsp3) is 0.179. The molecule has 0 bridgehead atoms. The van der Waals surface area contributed by atoms with Gasteiger partial charge in [-0.3, -0.25) is 15.0 Å². The van der Waals surface area contributed by atoms with Crippen molar-refractivity contribution in [1.29, 1.82) is 5.41 Å². The highest BCUT2D eigenvalue weighted by Gasteiger charge is 2.33. The van der Waals surface area contributed by atoms with Gasteiger partial charge in [0, 0.05) is 52.9 Å². The highest BCUT2D eigenvalue weighted by atomic mass is 35.5. The van der Waals surface area contributed by atoms with E-state index in [2.05, 4.69) is 15.6 Å². The molecule has 8 nitrogen and oxygen atoms in total. The molecule has 0 radical (unpaired) electrons. The number of guanidine groups is 1. The largest absolute Gasteiger partial charge is 0.370 e. The molecule has 38 heavy (non-hydrogen) atoms. The maximum absolute atomic E-state index is 13.9. The molecule has 0 aliphatic rings. The number of hydrogen-bond donors (Lipinski definition) is 5. The Balaban J connectivity index is 1.70. The summed E-state index contributed by atoms with van der Waals surface area (Å²) in [5, 5.41) is 13.9. The van der Waals surface area contributed by atoms with E-state index in [0.717, 1.165) is 22.5 Å². The Morgan fingerprint density at radius 1 is 1.08 bits per heavy atom. The molecule has 0 saturated carbocycles. The van der Waals surface area contributed by atoms with Gasteiger partial charge >= 0.3 is 0 Å². The Bertz CT molecular complexity index is 1440. The maximum Gasteiger partial charge on any atom is 0.251 e. The number of fused-ring (bicyclic) bond motifs is 1. The molecule has 4 rings (SSSR count). The van der Waals surface area contributed by atoms with Gasteiger partial charge in [-0.15, -0.1) is 0 Å². The monoisotopic (exact) mass is 534 g/mol. The second kappa shape index (κ2) is 12.2. The zero-order chi connectivity index (χ0) is 27.1. The van der Waals surface area contributed by atoms with Crippen LogP contribution in [0.1, 0.15) is 23.6 Å². The molecule has 4 aromatic rings. The number of hydrogen-bond acceptors (Lipinski definition) is 3. The lowest BCUT2D eigenvalue weighted by Crippen LogP contribution is -2.44. The number of carbonyl (C=O) groups excluding carboxylic acids is 2. The first-order valence-corrected chi connectivity index (χ1v) is 12.4. The van der Waals surface area contributed by atoms with Crippen LogP contribution in [0.5, 0.6) is 0 Å². The Morgan fingerprint density at radius 3 is 2.55 bits per heavy atom. The lowest BCUT2D eigenvalue weighted by Gasteiger charge is -2.32. The zero-order valence-electron chi connectivity index (χ0n) is 20.5. The lowest BCUT2D eigenvalue weighted by atomic mass is 10.0. The van der Waals surface area contributed by atoms with Crippen molar-refractivity contribution in [2.45, 2.75) is 18.9 Å². The van der Waals surface area contributed by atoms with E-state index in [-0.39, 0.29) is 36.4 Å². The highest BCUT2D eigenvalue weighted by molar-refractivity contribution is 6.31.